The van der Waals surface area contributed by atoms with Crippen LogP contribution in [-0.4, -0.2) is 23.3 Å². The second kappa shape index (κ2) is 4.34. The highest BCUT2D eigenvalue weighted by Crippen LogP contribution is 2.16. The molecule has 3 nitrogen and oxygen atoms in total. The van der Waals surface area contributed by atoms with Gasteiger partial charge in [-0.05, 0) is 26.7 Å². The van der Waals surface area contributed by atoms with Gasteiger partial charge in [0, 0.05) is 13.5 Å². The Morgan fingerprint density at radius 3 is 2.45 bits per heavy atom. The van der Waals surface area contributed by atoms with Crippen LogP contribution in [0.25, 0.3) is 0 Å². The van der Waals surface area contributed by atoms with Gasteiger partial charge in [-0.3, -0.25) is 4.79 Å². The van der Waals surface area contributed by atoms with Crippen molar-refractivity contribution in [3.63, 3.8) is 0 Å². The van der Waals surface area contributed by atoms with Gasteiger partial charge in [-0.1, -0.05) is 0 Å². The molecule has 0 fully saturated rings. The first kappa shape index (κ1) is 10.4. The number of esters is 1. The predicted octanol–water partition coefficient (Wildman–Crippen LogP) is 1.10. The van der Waals surface area contributed by atoms with Crippen LogP contribution in [0.5, 0.6) is 0 Å². The fourth-order valence-electron chi connectivity index (χ4n) is 0.945. The third-order valence-corrected chi connectivity index (χ3v) is 1.36. The topological polar surface area (TPSA) is 46.5 Å². The van der Waals surface area contributed by atoms with E-state index in [9.17, 15) is 4.79 Å². The van der Waals surface area contributed by atoms with E-state index in [-0.39, 0.29) is 12.6 Å². The van der Waals surface area contributed by atoms with E-state index in [4.69, 9.17) is 9.84 Å². The molecule has 11 heavy (non-hydrogen) atoms. The van der Waals surface area contributed by atoms with Crippen LogP contribution in [0.3, 0.4) is 0 Å². The first-order chi connectivity index (χ1) is 4.98. The lowest BCUT2D eigenvalue weighted by Crippen LogP contribution is -2.27. The highest BCUT2D eigenvalue weighted by molar-refractivity contribution is 5.66. The van der Waals surface area contributed by atoms with Gasteiger partial charge in [0.05, 0.1) is 0 Å². The Hall–Kier alpha value is -0.570. The Morgan fingerprint density at radius 2 is 2.09 bits per heavy atom. The minimum absolute atomic E-state index is 0.144. The van der Waals surface area contributed by atoms with Gasteiger partial charge in [0.1, 0.15) is 5.60 Å². The summed E-state index contributed by atoms with van der Waals surface area (Å²) >= 11 is 0. The summed E-state index contributed by atoms with van der Waals surface area (Å²) in [6.45, 7) is 5.21. The van der Waals surface area contributed by atoms with Gasteiger partial charge in [0.2, 0.25) is 0 Å². The first-order valence-corrected chi connectivity index (χ1v) is 3.78. The number of hydrogen-bond donors (Lipinski definition) is 1. The number of rotatable bonds is 4. The highest BCUT2D eigenvalue weighted by Gasteiger charge is 2.19. The lowest BCUT2D eigenvalue weighted by atomic mass is 10.0. The maximum atomic E-state index is 10.5. The molecule has 0 aliphatic heterocycles. The van der Waals surface area contributed by atoms with Crippen molar-refractivity contribution in [2.24, 2.45) is 0 Å². The van der Waals surface area contributed by atoms with Gasteiger partial charge in [-0.15, -0.1) is 0 Å². The molecule has 0 radical (unpaired) electrons. The second-order valence-corrected chi connectivity index (χ2v) is 3.18. The zero-order valence-electron chi connectivity index (χ0n) is 7.39. The van der Waals surface area contributed by atoms with E-state index in [1.807, 2.05) is 13.8 Å². The van der Waals surface area contributed by atoms with Crippen LogP contribution in [0.2, 0.25) is 0 Å². The van der Waals surface area contributed by atoms with Crippen molar-refractivity contribution >= 4 is 5.97 Å². The SMILES string of the molecule is CC(=O)OC(C)(C)CCCO. The van der Waals surface area contributed by atoms with Crippen molar-refractivity contribution in [2.75, 3.05) is 6.61 Å². The number of carbonyl (C=O) groups is 1. The molecule has 0 bridgehead atoms. The maximum absolute atomic E-state index is 10.5. The minimum atomic E-state index is -0.436. The zero-order chi connectivity index (χ0) is 8.91. The van der Waals surface area contributed by atoms with E-state index >= 15 is 0 Å². The zero-order valence-corrected chi connectivity index (χ0v) is 7.39. The molecule has 0 aliphatic rings. The first-order valence-electron chi connectivity index (χ1n) is 3.78. The largest absolute Gasteiger partial charge is 0.460 e. The molecule has 3 heteroatoms. The average molecular weight is 160 g/mol. The summed E-state index contributed by atoms with van der Waals surface area (Å²) in [6.07, 6.45) is 1.36. The molecule has 0 heterocycles. The molecule has 1 N–H and O–H groups in total. The third kappa shape index (κ3) is 5.85. The molecule has 0 aliphatic carbocycles. The van der Waals surface area contributed by atoms with Gasteiger partial charge in [0.15, 0.2) is 0 Å². The molecule has 0 rings (SSSR count). The Labute approximate surface area is 67.4 Å². The molecule has 0 aromatic rings. The number of hydrogen-bond acceptors (Lipinski definition) is 3. The summed E-state index contributed by atoms with van der Waals surface area (Å²) in [6, 6.07) is 0. The van der Waals surface area contributed by atoms with Crippen molar-refractivity contribution in [1.29, 1.82) is 0 Å². The summed E-state index contributed by atoms with van der Waals surface area (Å²) < 4.78 is 4.99. The maximum Gasteiger partial charge on any atom is 0.303 e. The van der Waals surface area contributed by atoms with Crippen molar-refractivity contribution in [3.8, 4) is 0 Å². The summed E-state index contributed by atoms with van der Waals surface area (Å²) in [5.74, 6) is -0.270. The Morgan fingerprint density at radius 1 is 1.55 bits per heavy atom. The van der Waals surface area contributed by atoms with Crippen LogP contribution >= 0.6 is 0 Å². The lowest BCUT2D eigenvalue weighted by Gasteiger charge is -2.23. The van der Waals surface area contributed by atoms with Crippen molar-refractivity contribution < 1.29 is 14.6 Å². The van der Waals surface area contributed by atoms with Crippen molar-refractivity contribution in [3.05, 3.63) is 0 Å². The van der Waals surface area contributed by atoms with E-state index < -0.39 is 5.60 Å². The van der Waals surface area contributed by atoms with Crippen LogP contribution in [0.15, 0.2) is 0 Å². The van der Waals surface area contributed by atoms with E-state index in [1.165, 1.54) is 6.92 Å². The molecule has 0 spiro atoms. The monoisotopic (exact) mass is 160 g/mol. The van der Waals surface area contributed by atoms with Gasteiger partial charge >= 0.3 is 5.97 Å². The lowest BCUT2D eigenvalue weighted by molar-refractivity contribution is -0.154. The van der Waals surface area contributed by atoms with Crippen LogP contribution in [0.1, 0.15) is 33.6 Å². The van der Waals surface area contributed by atoms with Gasteiger partial charge in [-0.2, -0.15) is 0 Å². The fraction of sp³-hybridized carbons (Fsp3) is 0.875. The average Bonchev–Trinajstić information content (AvgIpc) is 1.81. The molecule has 0 aromatic heterocycles. The van der Waals surface area contributed by atoms with Crippen LogP contribution < -0.4 is 0 Å². The molecule has 66 valence electrons. The number of aliphatic hydroxyl groups is 1. The molecule has 0 unspecified atom stereocenters. The third-order valence-electron chi connectivity index (χ3n) is 1.36. The minimum Gasteiger partial charge on any atom is -0.460 e. The quantitative estimate of drug-likeness (QED) is 0.626. The van der Waals surface area contributed by atoms with E-state index in [0.717, 1.165) is 0 Å². The summed E-state index contributed by atoms with van der Waals surface area (Å²) in [5, 5.41) is 8.52. The Bertz CT molecular complexity index is 129. The molecule has 0 aromatic carbocycles. The van der Waals surface area contributed by atoms with E-state index in [0.29, 0.717) is 12.8 Å². The highest BCUT2D eigenvalue weighted by atomic mass is 16.6. The summed E-state index contributed by atoms with van der Waals surface area (Å²) in [4.78, 5) is 10.5. The summed E-state index contributed by atoms with van der Waals surface area (Å²) in [5.41, 5.74) is -0.436. The molecular formula is C8H16O3. The fourth-order valence-corrected chi connectivity index (χ4v) is 0.945. The second-order valence-electron chi connectivity index (χ2n) is 3.18. The molecular weight excluding hydrogens is 144 g/mol. The van der Waals surface area contributed by atoms with E-state index in [2.05, 4.69) is 0 Å². The smallest absolute Gasteiger partial charge is 0.303 e. The van der Waals surface area contributed by atoms with Crippen LogP contribution in [-0.2, 0) is 9.53 Å². The van der Waals surface area contributed by atoms with Crippen molar-refractivity contribution in [2.45, 2.75) is 39.2 Å². The summed E-state index contributed by atoms with van der Waals surface area (Å²) in [7, 11) is 0. The number of carbonyl (C=O) groups excluding carboxylic acids is 1. The predicted molar refractivity (Wildman–Crippen MR) is 42.2 cm³/mol. The van der Waals surface area contributed by atoms with Gasteiger partial charge in [-0.25, -0.2) is 0 Å². The number of ether oxygens (including phenoxy) is 1. The Balaban J connectivity index is 3.70. The standard InChI is InChI=1S/C8H16O3/c1-7(10)11-8(2,3)5-4-6-9/h9H,4-6H2,1-3H3. The van der Waals surface area contributed by atoms with Crippen LogP contribution in [0, 0.1) is 0 Å². The van der Waals surface area contributed by atoms with Crippen LogP contribution in [0.4, 0.5) is 0 Å². The molecule has 0 saturated heterocycles. The normalized spacial score (nSPS) is 11.3. The van der Waals surface area contributed by atoms with Crippen molar-refractivity contribution in [1.82, 2.24) is 0 Å². The van der Waals surface area contributed by atoms with Gasteiger partial charge in [0.25, 0.3) is 0 Å². The number of aliphatic hydroxyl groups excluding tert-OH is 1. The van der Waals surface area contributed by atoms with Gasteiger partial charge < -0.3 is 9.84 Å². The molecule has 0 amide bonds. The Kier molecular flexibility index (Phi) is 4.11. The molecule has 0 atom stereocenters. The van der Waals surface area contributed by atoms with E-state index in [1.54, 1.807) is 0 Å². The molecule has 0 saturated carbocycles.